The molecule has 1 aromatic heterocycles. The third-order valence-corrected chi connectivity index (χ3v) is 3.00. The second-order valence-corrected chi connectivity index (χ2v) is 4.86. The van der Waals surface area contributed by atoms with Crippen LogP contribution in [0.5, 0.6) is 0 Å². The average molecular weight is 305 g/mol. The van der Waals surface area contributed by atoms with Crippen molar-refractivity contribution < 1.29 is 14.7 Å². The highest BCUT2D eigenvalue weighted by atomic mass is 35.5. The predicted octanol–water partition coefficient (Wildman–Crippen LogP) is 2.62. The number of aromatic nitrogens is 1. The number of amides is 1. The Morgan fingerprint density at radius 3 is 2.42 bits per heavy atom. The number of halogens is 2. The molecule has 5 nitrogen and oxygen atoms in total. The summed E-state index contributed by atoms with van der Waals surface area (Å²) in [5, 5.41) is 11.6. The summed E-state index contributed by atoms with van der Waals surface area (Å²) in [6, 6.07) is 2.81. The van der Waals surface area contributed by atoms with Gasteiger partial charge < -0.3 is 10.4 Å². The van der Waals surface area contributed by atoms with Crippen molar-refractivity contribution in [3.05, 3.63) is 28.0 Å². The molecule has 0 fully saturated rings. The molecule has 1 heterocycles. The zero-order valence-electron chi connectivity index (χ0n) is 10.3. The van der Waals surface area contributed by atoms with Gasteiger partial charge in [-0.2, -0.15) is 0 Å². The first-order chi connectivity index (χ1) is 8.92. The first-order valence-corrected chi connectivity index (χ1v) is 6.51. The van der Waals surface area contributed by atoms with Gasteiger partial charge in [0, 0.05) is 18.5 Å². The lowest BCUT2D eigenvalue weighted by Gasteiger charge is -2.13. The number of pyridine rings is 1. The van der Waals surface area contributed by atoms with Gasteiger partial charge in [-0.1, -0.05) is 36.5 Å². The molecular weight excluding hydrogens is 291 g/mol. The molecule has 0 bridgehead atoms. The molecule has 1 amide bonds. The van der Waals surface area contributed by atoms with E-state index in [4.69, 9.17) is 28.3 Å². The SMILES string of the molecule is CCC(CNC(=O)c1cc(Cl)nc(Cl)c1)CC(=O)O. The predicted molar refractivity (Wildman–Crippen MR) is 72.6 cm³/mol. The molecule has 0 aliphatic carbocycles. The fourth-order valence-electron chi connectivity index (χ4n) is 1.54. The molecular formula is C12H14Cl2N2O3. The van der Waals surface area contributed by atoms with Gasteiger partial charge in [0.15, 0.2) is 0 Å². The zero-order valence-corrected chi connectivity index (χ0v) is 11.8. The van der Waals surface area contributed by atoms with Gasteiger partial charge in [0.25, 0.3) is 5.91 Å². The van der Waals surface area contributed by atoms with Gasteiger partial charge in [-0.25, -0.2) is 4.98 Å². The molecule has 7 heteroatoms. The normalized spacial score (nSPS) is 11.9. The standard InChI is InChI=1S/C12H14Cl2N2O3/c1-2-7(3-11(17)18)6-15-12(19)8-4-9(13)16-10(14)5-8/h4-5,7H,2-3,6H2,1H3,(H,15,19)(H,17,18). The first-order valence-electron chi connectivity index (χ1n) is 5.75. The van der Waals surface area contributed by atoms with Crippen LogP contribution >= 0.6 is 23.2 Å². The van der Waals surface area contributed by atoms with Crippen molar-refractivity contribution in [3.63, 3.8) is 0 Å². The number of hydrogen-bond donors (Lipinski definition) is 2. The van der Waals surface area contributed by atoms with E-state index >= 15 is 0 Å². The number of nitrogens with zero attached hydrogens (tertiary/aromatic N) is 1. The van der Waals surface area contributed by atoms with Crippen molar-refractivity contribution in [2.24, 2.45) is 5.92 Å². The maximum absolute atomic E-state index is 11.9. The smallest absolute Gasteiger partial charge is 0.303 e. The summed E-state index contributed by atoms with van der Waals surface area (Å²) in [6.07, 6.45) is 0.694. The van der Waals surface area contributed by atoms with E-state index in [2.05, 4.69) is 10.3 Å². The van der Waals surface area contributed by atoms with Crippen LogP contribution in [-0.2, 0) is 4.79 Å². The van der Waals surface area contributed by atoms with Gasteiger partial charge in [-0.3, -0.25) is 9.59 Å². The molecule has 2 N–H and O–H groups in total. The molecule has 0 aromatic carbocycles. The summed E-state index contributed by atoms with van der Waals surface area (Å²) in [5.74, 6) is -1.33. The van der Waals surface area contributed by atoms with Crippen LogP contribution in [0.4, 0.5) is 0 Å². The van der Waals surface area contributed by atoms with E-state index in [1.807, 2.05) is 6.92 Å². The van der Waals surface area contributed by atoms with Crippen molar-refractivity contribution in [1.82, 2.24) is 10.3 Å². The third-order valence-electron chi connectivity index (χ3n) is 2.62. The Kier molecular flexibility index (Phi) is 6.05. The van der Waals surface area contributed by atoms with Crippen LogP contribution in [-0.4, -0.2) is 28.5 Å². The number of carboxylic acids is 1. The Balaban J connectivity index is 2.61. The fourth-order valence-corrected chi connectivity index (χ4v) is 2.00. The lowest BCUT2D eigenvalue weighted by molar-refractivity contribution is -0.138. The molecule has 19 heavy (non-hydrogen) atoms. The Morgan fingerprint density at radius 2 is 1.95 bits per heavy atom. The van der Waals surface area contributed by atoms with Crippen LogP contribution in [0.15, 0.2) is 12.1 Å². The molecule has 0 saturated carbocycles. The highest BCUT2D eigenvalue weighted by molar-refractivity contribution is 6.33. The fraction of sp³-hybridized carbons (Fsp3) is 0.417. The van der Waals surface area contributed by atoms with Crippen LogP contribution in [0.2, 0.25) is 10.3 Å². The second kappa shape index (κ2) is 7.31. The number of hydrogen-bond acceptors (Lipinski definition) is 3. The number of rotatable bonds is 6. The molecule has 104 valence electrons. The molecule has 0 radical (unpaired) electrons. The quantitative estimate of drug-likeness (QED) is 0.792. The molecule has 0 aliphatic heterocycles. The van der Waals surface area contributed by atoms with Gasteiger partial charge in [0.2, 0.25) is 0 Å². The minimum Gasteiger partial charge on any atom is -0.481 e. The van der Waals surface area contributed by atoms with E-state index in [1.54, 1.807) is 0 Å². The van der Waals surface area contributed by atoms with Crippen LogP contribution in [0.1, 0.15) is 30.1 Å². The van der Waals surface area contributed by atoms with E-state index in [0.717, 1.165) is 0 Å². The molecule has 1 aromatic rings. The molecule has 0 aliphatic rings. The summed E-state index contributed by atoms with van der Waals surface area (Å²) in [4.78, 5) is 26.2. The highest BCUT2D eigenvalue weighted by Gasteiger charge is 2.14. The maximum atomic E-state index is 11.9. The molecule has 1 atom stereocenters. The van der Waals surface area contributed by atoms with Gasteiger partial charge in [0.1, 0.15) is 10.3 Å². The summed E-state index contributed by atoms with van der Waals surface area (Å²) >= 11 is 11.4. The van der Waals surface area contributed by atoms with Gasteiger partial charge >= 0.3 is 5.97 Å². The minimum absolute atomic E-state index is 0.0225. The van der Waals surface area contributed by atoms with Crippen LogP contribution < -0.4 is 5.32 Å². The van der Waals surface area contributed by atoms with Crippen molar-refractivity contribution in [1.29, 1.82) is 0 Å². The molecule has 0 saturated heterocycles. The number of carboxylic acid groups (broad SMARTS) is 1. The number of nitrogens with one attached hydrogen (secondary N) is 1. The summed E-state index contributed by atoms with van der Waals surface area (Å²) in [6.45, 7) is 2.17. The largest absolute Gasteiger partial charge is 0.481 e. The summed E-state index contributed by atoms with van der Waals surface area (Å²) in [7, 11) is 0. The van der Waals surface area contributed by atoms with Crippen molar-refractivity contribution >= 4 is 35.1 Å². The first kappa shape index (κ1) is 15.7. The topological polar surface area (TPSA) is 79.3 Å². The zero-order chi connectivity index (χ0) is 14.4. The van der Waals surface area contributed by atoms with Crippen molar-refractivity contribution in [2.45, 2.75) is 19.8 Å². The number of aliphatic carboxylic acids is 1. The minimum atomic E-state index is -0.879. The van der Waals surface area contributed by atoms with E-state index in [0.29, 0.717) is 18.5 Å². The Hall–Kier alpha value is -1.33. The lowest BCUT2D eigenvalue weighted by atomic mass is 10.0. The van der Waals surface area contributed by atoms with Crippen LogP contribution in [0, 0.1) is 5.92 Å². The third kappa shape index (κ3) is 5.44. The van der Waals surface area contributed by atoms with Crippen molar-refractivity contribution in [2.75, 3.05) is 6.54 Å². The lowest BCUT2D eigenvalue weighted by Crippen LogP contribution is -2.30. The Labute approximate surface area is 120 Å². The summed E-state index contributed by atoms with van der Waals surface area (Å²) < 4.78 is 0. The van der Waals surface area contributed by atoms with Crippen molar-refractivity contribution in [3.8, 4) is 0 Å². The van der Waals surface area contributed by atoms with E-state index in [1.165, 1.54) is 12.1 Å². The number of carbonyl (C=O) groups is 2. The van der Waals surface area contributed by atoms with Gasteiger partial charge in [-0.15, -0.1) is 0 Å². The van der Waals surface area contributed by atoms with E-state index in [9.17, 15) is 9.59 Å². The van der Waals surface area contributed by atoms with E-state index in [-0.39, 0.29) is 28.6 Å². The van der Waals surface area contributed by atoms with E-state index < -0.39 is 5.97 Å². The molecule has 0 spiro atoms. The Bertz CT molecular complexity index is 460. The highest BCUT2D eigenvalue weighted by Crippen LogP contribution is 2.15. The number of carbonyl (C=O) groups excluding carboxylic acids is 1. The summed E-state index contributed by atoms with van der Waals surface area (Å²) in [5.41, 5.74) is 0.301. The average Bonchev–Trinajstić information content (AvgIpc) is 2.32. The second-order valence-electron chi connectivity index (χ2n) is 4.08. The van der Waals surface area contributed by atoms with Gasteiger partial charge in [0.05, 0.1) is 0 Å². The maximum Gasteiger partial charge on any atom is 0.303 e. The Morgan fingerprint density at radius 1 is 1.37 bits per heavy atom. The van der Waals surface area contributed by atoms with Crippen LogP contribution in [0.25, 0.3) is 0 Å². The molecule has 1 rings (SSSR count). The molecule has 1 unspecified atom stereocenters. The van der Waals surface area contributed by atoms with Gasteiger partial charge in [-0.05, 0) is 18.1 Å². The van der Waals surface area contributed by atoms with Crippen LogP contribution in [0.3, 0.4) is 0 Å². The monoisotopic (exact) mass is 304 g/mol.